The van der Waals surface area contributed by atoms with Crippen LogP contribution in [0, 0.1) is 0 Å². The number of benzene rings is 10. The molecular formula is C58H36N2OS. The van der Waals surface area contributed by atoms with Gasteiger partial charge in [0, 0.05) is 69.5 Å². The maximum atomic E-state index is 6.61. The molecule has 62 heavy (non-hydrogen) atoms. The predicted octanol–water partition coefficient (Wildman–Crippen LogP) is 17.0. The summed E-state index contributed by atoms with van der Waals surface area (Å²) in [6.07, 6.45) is 0. The van der Waals surface area contributed by atoms with E-state index in [-0.39, 0.29) is 0 Å². The van der Waals surface area contributed by atoms with Gasteiger partial charge in [-0.3, -0.25) is 0 Å². The fourth-order valence-electron chi connectivity index (χ4n) is 9.89. The Bertz CT molecular complexity index is 3850. The summed E-state index contributed by atoms with van der Waals surface area (Å²) in [6, 6.07) is 79.3. The number of hydrogen-bond donors (Lipinski definition) is 0. The summed E-state index contributed by atoms with van der Waals surface area (Å²) >= 11 is 1.88. The van der Waals surface area contributed by atoms with Crippen LogP contribution in [-0.4, -0.2) is 4.57 Å². The first-order valence-corrected chi connectivity index (χ1v) is 21.9. The zero-order chi connectivity index (χ0) is 40.7. The summed E-state index contributed by atoms with van der Waals surface area (Å²) in [4.78, 5) is 2.49. The lowest BCUT2D eigenvalue weighted by molar-refractivity contribution is 0.670. The smallest absolute Gasteiger partial charge is 0.143 e. The van der Waals surface area contributed by atoms with Crippen LogP contribution in [0.1, 0.15) is 0 Å². The molecule has 0 saturated carbocycles. The highest BCUT2D eigenvalue weighted by Gasteiger charge is 2.26. The van der Waals surface area contributed by atoms with Crippen molar-refractivity contribution in [1.29, 1.82) is 0 Å². The third kappa shape index (κ3) is 5.24. The molecule has 3 nitrogen and oxygen atoms in total. The van der Waals surface area contributed by atoms with E-state index in [1.165, 1.54) is 63.9 Å². The minimum Gasteiger partial charge on any atom is -0.455 e. The van der Waals surface area contributed by atoms with Gasteiger partial charge >= 0.3 is 0 Å². The first-order chi connectivity index (χ1) is 30.8. The van der Waals surface area contributed by atoms with E-state index < -0.39 is 0 Å². The molecule has 0 aliphatic heterocycles. The second kappa shape index (κ2) is 13.8. The summed E-state index contributed by atoms with van der Waals surface area (Å²) in [5, 5.41) is 9.62. The molecule has 13 rings (SSSR count). The van der Waals surface area contributed by atoms with Crippen molar-refractivity contribution in [3.05, 3.63) is 218 Å². The van der Waals surface area contributed by atoms with Crippen molar-refractivity contribution in [3.8, 4) is 27.9 Å². The fourth-order valence-corrected chi connectivity index (χ4v) is 11.1. The van der Waals surface area contributed by atoms with Gasteiger partial charge in [-0.15, -0.1) is 11.3 Å². The maximum Gasteiger partial charge on any atom is 0.143 e. The average Bonchev–Trinajstić information content (AvgIpc) is 4.02. The number of furan rings is 1. The van der Waals surface area contributed by atoms with Crippen LogP contribution in [0.4, 0.5) is 17.1 Å². The number of fused-ring (bicyclic) bond motifs is 10. The molecule has 0 unspecified atom stereocenters. The number of thiophene rings is 1. The molecule has 13 aromatic rings. The van der Waals surface area contributed by atoms with Crippen molar-refractivity contribution in [3.63, 3.8) is 0 Å². The normalized spacial score (nSPS) is 11.9. The van der Waals surface area contributed by atoms with E-state index in [1.807, 2.05) is 17.4 Å². The quantitative estimate of drug-likeness (QED) is 0.167. The average molecular weight is 809 g/mol. The van der Waals surface area contributed by atoms with Gasteiger partial charge in [-0.05, 0) is 65.5 Å². The highest BCUT2D eigenvalue weighted by atomic mass is 32.1. The Morgan fingerprint density at radius 1 is 0.419 bits per heavy atom. The predicted molar refractivity (Wildman–Crippen MR) is 264 cm³/mol. The molecule has 0 bridgehead atoms. The summed E-state index contributed by atoms with van der Waals surface area (Å²) in [6.45, 7) is 0. The molecular weight excluding hydrogens is 773 g/mol. The lowest BCUT2D eigenvalue weighted by Gasteiger charge is -2.30. The van der Waals surface area contributed by atoms with E-state index in [2.05, 4.69) is 222 Å². The van der Waals surface area contributed by atoms with Crippen molar-refractivity contribution in [2.45, 2.75) is 0 Å². The van der Waals surface area contributed by atoms with Gasteiger partial charge in [0.25, 0.3) is 0 Å². The highest BCUT2D eigenvalue weighted by molar-refractivity contribution is 7.26. The molecule has 3 heterocycles. The van der Waals surface area contributed by atoms with Gasteiger partial charge in [0.05, 0.1) is 28.1 Å². The van der Waals surface area contributed by atoms with Crippen LogP contribution in [0.15, 0.2) is 223 Å². The number of para-hydroxylation sites is 5. The van der Waals surface area contributed by atoms with Crippen LogP contribution >= 0.6 is 11.3 Å². The third-order valence-corrected chi connectivity index (χ3v) is 13.8. The van der Waals surface area contributed by atoms with E-state index in [0.717, 1.165) is 55.8 Å². The van der Waals surface area contributed by atoms with Gasteiger partial charge in [0.15, 0.2) is 0 Å². The van der Waals surface area contributed by atoms with Crippen LogP contribution in [0.5, 0.6) is 0 Å². The zero-order valence-corrected chi connectivity index (χ0v) is 34.3. The Labute approximate surface area is 361 Å². The van der Waals surface area contributed by atoms with E-state index in [0.29, 0.717) is 0 Å². The Balaban J connectivity index is 1.13. The molecule has 290 valence electrons. The summed E-state index contributed by atoms with van der Waals surface area (Å²) in [7, 11) is 0. The van der Waals surface area contributed by atoms with Crippen LogP contribution in [0.2, 0.25) is 0 Å². The van der Waals surface area contributed by atoms with Gasteiger partial charge in [-0.1, -0.05) is 164 Å². The topological polar surface area (TPSA) is 21.3 Å². The van der Waals surface area contributed by atoms with Crippen molar-refractivity contribution >= 4 is 103 Å². The van der Waals surface area contributed by atoms with Crippen LogP contribution in [-0.2, 0) is 0 Å². The zero-order valence-electron chi connectivity index (χ0n) is 33.5. The molecule has 10 aromatic carbocycles. The van der Waals surface area contributed by atoms with Gasteiger partial charge in [0.1, 0.15) is 11.2 Å². The molecule has 0 aliphatic carbocycles. The van der Waals surface area contributed by atoms with Gasteiger partial charge < -0.3 is 13.9 Å². The number of rotatable bonds is 6. The van der Waals surface area contributed by atoms with Crippen molar-refractivity contribution in [1.82, 2.24) is 4.57 Å². The molecule has 0 spiro atoms. The minimum atomic E-state index is 0.895. The molecule has 0 atom stereocenters. The molecule has 0 fully saturated rings. The van der Waals surface area contributed by atoms with Crippen molar-refractivity contribution in [2.75, 3.05) is 4.90 Å². The second-order valence-corrected chi connectivity index (χ2v) is 17.0. The summed E-state index contributed by atoms with van der Waals surface area (Å²) in [5.41, 5.74) is 13.1. The Morgan fingerprint density at radius 3 is 1.90 bits per heavy atom. The molecule has 4 heteroatoms. The molecule has 3 aromatic heterocycles. The monoisotopic (exact) mass is 808 g/mol. The Kier molecular flexibility index (Phi) is 7.78. The molecule has 0 aliphatic rings. The Morgan fingerprint density at radius 2 is 1.05 bits per heavy atom. The van der Waals surface area contributed by atoms with Gasteiger partial charge in [-0.25, -0.2) is 0 Å². The van der Waals surface area contributed by atoms with Gasteiger partial charge in [0.2, 0.25) is 0 Å². The van der Waals surface area contributed by atoms with E-state index in [9.17, 15) is 0 Å². The maximum absolute atomic E-state index is 6.61. The summed E-state index contributed by atoms with van der Waals surface area (Å²) in [5.74, 6) is 0. The number of nitrogens with zero attached hydrogens (tertiary/aromatic N) is 2. The fraction of sp³-hybridized carbons (Fsp3) is 0. The first-order valence-electron chi connectivity index (χ1n) is 21.1. The molecule has 0 saturated heterocycles. The lowest BCUT2D eigenvalue weighted by Crippen LogP contribution is -2.12. The van der Waals surface area contributed by atoms with E-state index in [1.54, 1.807) is 0 Å². The van der Waals surface area contributed by atoms with Gasteiger partial charge in [-0.2, -0.15) is 0 Å². The standard InChI is InChI=1S/C58H36N2OS/c1-2-20-40-37(16-1)17-14-31-49(40)59(39-19-13-18-38(36-39)41-26-15-27-46-44-23-6-11-32-54(44)61-57(41)46)53-35-34-47-45-24-7-12-33-55(45)62-58(47)56(53)48-25-5-10-30-52(48)60-50-28-8-3-21-42(50)43-22-4-9-29-51(43)60/h1-36H. The lowest BCUT2D eigenvalue weighted by atomic mass is 9.96. The SMILES string of the molecule is c1cc(-c2cccc3c2oc2ccccc23)cc(N(c2ccc3c(sc4ccccc43)c2-c2ccccc2-n2c3ccccc3c3ccccc32)c2cccc3ccccc23)c1. The number of anilines is 3. The minimum absolute atomic E-state index is 0.895. The first kappa shape index (κ1) is 34.9. The van der Waals surface area contributed by atoms with Crippen LogP contribution < -0.4 is 4.90 Å². The van der Waals surface area contributed by atoms with Crippen molar-refractivity contribution in [2.24, 2.45) is 0 Å². The number of aromatic nitrogens is 1. The number of hydrogen-bond acceptors (Lipinski definition) is 3. The molecule has 0 radical (unpaired) electrons. The second-order valence-electron chi connectivity index (χ2n) is 16.0. The van der Waals surface area contributed by atoms with E-state index in [4.69, 9.17) is 4.42 Å². The van der Waals surface area contributed by atoms with Crippen molar-refractivity contribution < 1.29 is 4.42 Å². The Hall–Kier alpha value is -7.92. The highest BCUT2D eigenvalue weighted by Crippen LogP contribution is 2.52. The largest absolute Gasteiger partial charge is 0.455 e. The summed E-state index contributed by atoms with van der Waals surface area (Å²) < 4.78 is 11.6. The van der Waals surface area contributed by atoms with Crippen LogP contribution in [0.25, 0.3) is 103 Å². The third-order valence-electron chi connectivity index (χ3n) is 12.6. The van der Waals surface area contributed by atoms with Crippen LogP contribution in [0.3, 0.4) is 0 Å². The molecule has 0 N–H and O–H groups in total. The molecule has 0 amide bonds. The van der Waals surface area contributed by atoms with E-state index >= 15 is 0 Å².